The maximum Gasteiger partial charge on any atom is 0.0521 e. The van der Waals surface area contributed by atoms with Crippen LogP contribution in [0.5, 0.6) is 0 Å². The van der Waals surface area contributed by atoms with E-state index in [0.717, 1.165) is 18.8 Å². The van der Waals surface area contributed by atoms with Crippen molar-refractivity contribution in [1.29, 1.82) is 0 Å². The molecule has 0 saturated heterocycles. The summed E-state index contributed by atoms with van der Waals surface area (Å²) >= 11 is 0. The maximum absolute atomic E-state index is 5.64. The van der Waals surface area contributed by atoms with Crippen molar-refractivity contribution in [2.24, 2.45) is 24.7 Å². The first-order chi connectivity index (χ1) is 7.70. The molecule has 1 aliphatic rings. The van der Waals surface area contributed by atoms with Gasteiger partial charge in [0, 0.05) is 19.3 Å². The normalized spacial score (nSPS) is 19.7. The molecule has 90 valence electrons. The highest BCUT2D eigenvalue weighted by molar-refractivity contribution is 5.04. The quantitative estimate of drug-likeness (QED) is 0.562. The van der Waals surface area contributed by atoms with Crippen LogP contribution in [-0.2, 0) is 13.5 Å². The van der Waals surface area contributed by atoms with Crippen LogP contribution in [-0.4, -0.2) is 15.8 Å². The van der Waals surface area contributed by atoms with E-state index in [0.29, 0.717) is 12.0 Å². The Morgan fingerprint density at radius 2 is 2.38 bits per heavy atom. The topological polar surface area (TPSA) is 55.9 Å². The van der Waals surface area contributed by atoms with Gasteiger partial charge < -0.3 is 0 Å². The number of hydrogen-bond acceptors (Lipinski definition) is 3. The van der Waals surface area contributed by atoms with E-state index in [4.69, 9.17) is 5.84 Å². The van der Waals surface area contributed by atoms with Crippen molar-refractivity contribution in [3.05, 3.63) is 18.0 Å². The van der Waals surface area contributed by atoms with Gasteiger partial charge in [-0.15, -0.1) is 0 Å². The highest BCUT2D eigenvalue weighted by Crippen LogP contribution is 2.38. The average Bonchev–Trinajstić information content (AvgIpc) is 3.04. The van der Waals surface area contributed by atoms with Gasteiger partial charge in [-0.3, -0.25) is 16.0 Å². The van der Waals surface area contributed by atoms with Crippen molar-refractivity contribution >= 4 is 0 Å². The monoisotopic (exact) mass is 222 g/mol. The number of hydrogen-bond donors (Lipinski definition) is 2. The predicted molar refractivity (Wildman–Crippen MR) is 64.5 cm³/mol. The Labute approximate surface area is 97.2 Å². The number of rotatable bonds is 6. The van der Waals surface area contributed by atoms with E-state index in [1.54, 1.807) is 0 Å². The summed E-state index contributed by atoms with van der Waals surface area (Å²) in [7, 11) is 1.95. The van der Waals surface area contributed by atoms with Crippen LogP contribution in [0.3, 0.4) is 0 Å². The van der Waals surface area contributed by atoms with Crippen molar-refractivity contribution < 1.29 is 0 Å². The van der Waals surface area contributed by atoms with Crippen LogP contribution in [0, 0.1) is 11.8 Å². The van der Waals surface area contributed by atoms with Gasteiger partial charge in [-0.25, -0.2) is 0 Å². The molecule has 0 aromatic carbocycles. The molecule has 0 aliphatic heterocycles. The summed E-state index contributed by atoms with van der Waals surface area (Å²) in [5.74, 6) is 7.23. The fraction of sp³-hybridized carbons (Fsp3) is 0.750. The summed E-state index contributed by atoms with van der Waals surface area (Å²) in [6.45, 7) is 2.31. The van der Waals surface area contributed by atoms with E-state index >= 15 is 0 Å². The van der Waals surface area contributed by atoms with Crippen LogP contribution in [0.25, 0.3) is 0 Å². The van der Waals surface area contributed by atoms with Gasteiger partial charge >= 0.3 is 0 Å². The summed E-state index contributed by atoms with van der Waals surface area (Å²) in [4.78, 5) is 0. The molecule has 1 aromatic rings. The van der Waals surface area contributed by atoms with Crippen molar-refractivity contribution in [3.8, 4) is 0 Å². The van der Waals surface area contributed by atoms with Crippen LogP contribution in [0.4, 0.5) is 0 Å². The van der Waals surface area contributed by atoms with Gasteiger partial charge in [0.15, 0.2) is 0 Å². The van der Waals surface area contributed by atoms with Gasteiger partial charge in [-0.2, -0.15) is 5.10 Å². The number of hydrazine groups is 1. The second-order valence-electron chi connectivity index (χ2n) is 5.03. The summed E-state index contributed by atoms with van der Waals surface area (Å²) in [5, 5.41) is 4.18. The van der Waals surface area contributed by atoms with Gasteiger partial charge in [0.25, 0.3) is 0 Å². The molecule has 0 radical (unpaired) electrons. The summed E-state index contributed by atoms with van der Waals surface area (Å²) in [6.07, 6.45) is 8.93. The Bertz CT molecular complexity index is 330. The molecule has 0 amide bonds. The van der Waals surface area contributed by atoms with Gasteiger partial charge in [0.1, 0.15) is 0 Å². The Hall–Kier alpha value is -0.870. The molecule has 1 heterocycles. The van der Waals surface area contributed by atoms with Gasteiger partial charge in [0.2, 0.25) is 0 Å². The Kier molecular flexibility index (Phi) is 3.61. The first-order valence-electron chi connectivity index (χ1n) is 6.14. The van der Waals surface area contributed by atoms with E-state index in [-0.39, 0.29) is 0 Å². The van der Waals surface area contributed by atoms with Crippen LogP contribution >= 0.6 is 0 Å². The number of aryl methyl sites for hydroxylation is 2. The SMILES string of the molecule is CC(C1CC1)C(CCc1cnn(C)c1)NN. The number of aromatic nitrogens is 2. The molecule has 2 rings (SSSR count). The molecular formula is C12H22N4. The molecule has 1 fully saturated rings. The van der Waals surface area contributed by atoms with Crippen LogP contribution in [0.2, 0.25) is 0 Å². The van der Waals surface area contributed by atoms with E-state index in [9.17, 15) is 0 Å². The van der Waals surface area contributed by atoms with E-state index in [1.165, 1.54) is 18.4 Å². The highest BCUT2D eigenvalue weighted by Gasteiger charge is 2.32. The third-order valence-corrected chi connectivity index (χ3v) is 3.72. The average molecular weight is 222 g/mol. The molecule has 1 aromatic heterocycles. The summed E-state index contributed by atoms with van der Waals surface area (Å²) in [6, 6.07) is 0.438. The smallest absolute Gasteiger partial charge is 0.0521 e. The maximum atomic E-state index is 5.64. The van der Waals surface area contributed by atoms with Crippen molar-refractivity contribution in [2.45, 2.75) is 38.6 Å². The Morgan fingerprint density at radius 3 is 2.88 bits per heavy atom. The second kappa shape index (κ2) is 4.97. The lowest BCUT2D eigenvalue weighted by molar-refractivity contribution is 0.329. The number of nitrogens with zero attached hydrogens (tertiary/aromatic N) is 2. The second-order valence-corrected chi connectivity index (χ2v) is 5.03. The minimum Gasteiger partial charge on any atom is -0.276 e. The standard InChI is InChI=1S/C12H22N4/c1-9(11-4-5-11)12(15-13)6-3-10-7-14-16(2)8-10/h7-9,11-12,15H,3-6,13H2,1-2H3. The molecule has 2 atom stereocenters. The molecule has 1 aliphatic carbocycles. The molecule has 0 bridgehead atoms. The van der Waals surface area contributed by atoms with E-state index in [2.05, 4.69) is 23.6 Å². The van der Waals surface area contributed by atoms with Crippen molar-refractivity contribution in [3.63, 3.8) is 0 Å². The molecule has 1 saturated carbocycles. The minimum atomic E-state index is 0.438. The molecule has 3 N–H and O–H groups in total. The molecule has 16 heavy (non-hydrogen) atoms. The minimum absolute atomic E-state index is 0.438. The Morgan fingerprint density at radius 1 is 1.62 bits per heavy atom. The largest absolute Gasteiger partial charge is 0.276 e. The van der Waals surface area contributed by atoms with E-state index in [1.807, 2.05) is 17.9 Å². The van der Waals surface area contributed by atoms with E-state index < -0.39 is 0 Å². The first kappa shape index (κ1) is 11.6. The van der Waals surface area contributed by atoms with Gasteiger partial charge in [-0.1, -0.05) is 6.92 Å². The summed E-state index contributed by atoms with van der Waals surface area (Å²) in [5.41, 5.74) is 4.27. The zero-order valence-electron chi connectivity index (χ0n) is 10.2. The lowest BCUT2D eigenvalue weighted by Gasteiger charge is -2.22. The zero-order valence-corrected chi connectivity index (χ0v) is 10.2. The van der Waals surface area contributed by atoms with Crippen LogP contribution in [0.1, 0.15) is 31.7 Å². The van der Waals surface area contributed by atoms with Crippen molar-refractivity contribution in [2.75, 3.05) is 0 Å². The predicted octanol–water partition coefficient (Wildman–Crippen LogP) is 1.23. The lowest BCUT2D eigenvalue weighted by atomic mass is 9.92. The molecule has 0 spiro atoms. The highest BCUT2D eigenvalue weighted by atomic mass is 15.2. The number of nitrogens with two attached hydrogens (primary N) is 1. The first-order valence-corrected chi connectivity index (χ1v) is 6.14. The zero-order chi connectivity index (χ0) is 11.5. The fourth-order valence-electron chi connectivity index (χ4n) is 2.37. The van der Waals surface area contributed by atoms with Crippen molar-refractivity contribution in [1.82, 2.24) is 15.2 Å². The fourth-order valence-corrected chi connectivity index (χ4v) is 2.37. The third kappa shape index (κ3) is 2.83. The van der Waals surface area contributed by atoms with Gasteiger partial charge in [0.05, 0.1) is 6.20 Å². The third-order valence-electron chi connectivity index (χ3n) is 3.72. The molecule has 4 heteroatoms. The lowest BCUT2D eigenvalue weighted by Crippen LogP contribution is -2.41. The molecule has 4 nitrogen and oxygen atoms in total. The Balaban J connectivity index is 1.82. The van der Waals surface area contributed by atoms with Crippen LogP contribution < -0.4 is 11.3 Å². The summed E-state index contributed by atoms with van der Waals surface area (Å²) < 4.78 is 1.85. The molecular weight excluding hydrogens is 200 g/mol. The van der Waals surface area contributed by atoms with Gasteiger partial charge in [-0.05, 0) is 43.1 Å². The van der Waals surface area contributed by atoms with Crippen LogP contribution in [0.15, 0.2) is 12.4 Å². The molecule has 2 unspecified atom stereocenters. The number of nitrogens with one attached hydrogen (secondary N) is 1.